The topological polar surface area (TPSA) is 76.7 Å². The summed E-state index contributed by atoms with van der Waals surface area (Å²) in [5, 5.41) is 2.20. The molecule has 2 aromatic rings. The van der Waals surface area contributed by atoms with Crippen LogP contribution in [-0.4, -0.2) is 15.0 Å². The third-order valence-electron chi connectivity index (χ3n) is 2.12. The van der Waals surface area contributed by atoms with Crippen molar-refractivity contribution in [2.45, 2.75) is 6.18 Å². The molecule has 0 aliphatic rings. The number of halogens is 4. The second kappa shape index (κ2) is 4.88. The third kappa shape index (κ3) is 3.22. The Morgan fingerprint density at radius 1 is 1.21 bits per heavy atom. The minimum Gasteiger partial charge on any atom is -0.368 e. The monoisotopic (exact) mass is 289 g/mol. The van der Waals surface area contributed by atoms with Crippen LogP contribution in [0.1, 0.15) is 5.56 Å². The number of benzene rings is 1. The fourth-order valence-electron chi connectivity index (χ4n) is 1.32. The molecule has 0 atom stereocenters. The van der Waals surface area contributed by atoms with E-state index in [0.717, 1.165) is 18.5 Å². The molecule has 0 amide bonds. The van der Waals surface area contributed by atoms with E-state index in [1.165, 1.54) is 6.07 Å². The number of nitrogens with two attached hydrogens (primary N) is 1. The molecular formula is C10H7ClF3N5. The maximum absolute atomic E-state index is 12.7. The van der Waals surface area contributed by atoms with Gasteiger partial charge in [0, 0.05) is 5.69 Å². The van der Waals surface area contributed by atoms with Gasteiger partial charge in [-0.1, -0.05) is 11.6 Å². The number of nitrogens with one attached hydrogen (secondary N) is 1. The molecule has 0 bridgehead atoms. The fourth-order valence-corrected chi connectivity index (χ4v) is 1.54. The summed E-state index contributed by atoms with van der Waals surface area (Å²) in [6.07, 6.45) is -3.39. The Labute approximate surface area is 110 Å². The molecule has 5 nitrogen and oxygen atoms in total. The molecular weight excluding hydrogens is 283 g/mol. The van der Waals surface area contributed by atoms with E-state index in [9.17, 15) is 13.2 Å². The summed E-state index contributed by atoms with van der Waals surface area (Å²) in [6.45, 7) is 0. The number of hydrogen-bond acceptors (Lipinski definition) is 5. The first-order valence-electron chi connectivity index (χ1n) is 4.94. The van der Waals surface area contributed by atoms with Crippen LogP contribution in [0.2, 0.25) is 5.02 Å². The zero-order valence-corrected chi connectivity index (χ0v) is 10.00. The number of rotatable bonds is 2. The van der Waals surface area contributed by atoms with Gasteiger partial charge in [-0.3, -0.25) is 0 Å². The van der Waals surface area contributed by atoms with Crippen molar-refractivity contribution in [3.63, 3.8) is 0 Å². The maximum atomic E-state index is 12.7. The van der Waals surface area contributed by atoms with Crippen molar-refractivity contribution in [2.24, 2.45) is 0 Å². The van der Waals surface area contributed by atoms with Crippen LogP contribution >= 0.6 is 11.6 Å². The number of aromatic nitrogens is 3. The van der Waals surface area contributed by atoms with Gasteiger partial charge in [0.1, 0.15) is 6.33 Å². The lowest BCUT2D eigenvalue weighted by molar-refractivity contribution is -0.137. The van der Waals surface area contributed by atoms with Gasteiger partial charge in [0.25, 0.3) is 0 Å². The number of anilines is 3. The number of nitrogen functional groups attached to an aromatic ring is 1. The fraction of sp³-hybridized carbons (Fsp3) is 0.100. The maximum Gasteiger partial charge on any atom is 0.417 e. The summed E-state index contributed by atoms with van der Waals surface area (Å²) in [7, 11) is 0. The van der Waals surface area contributed by atoms with Crippen molar-refractivity contribution in [1.29, 1.82) is 0 Å². The second-order valence-corrected chi connectivity index (χ2v) is 3.89. The third-order valence-corrected chi connectivity index (χ3v) is 2.45. The molecule has 9 heteroatoms. The predicted molar refractivity (Wildman–Crippen MR) is 64.0 cm³/mol. The molecule has 2 rings (SSSR count). The van der Waals surface area contributed by atoms with E-state index in [0.29, 0.717) is 0 Å². The van der Waals surface area contributed by atoms with Crippen molar-refractivity contribution < 1.29 is 13.2 Å². The summed E-state index contributed by atoms with van der Waals surface area (Å²) in [6, 6.07) is 3.37. The number of nitrogens with zero attached hydrogens (tertiary/aromatic N) is 3. The van der Waals surface area contributed by atoms with Gasteiger partial charge in [-0.15, -0.1) is 0 Å². The van der Waals surface area contributed by atoms with E-state index in [4.69, 9.17) is 17.3 Å². The molecule has 0 saturated carbocycles. The van der Waals surface area contributed by atoms with Gasteiger partial charge in [0.05, 0.1) is 10.6 Å². The van der Waals surface area contributed by atoms with E-state index in [2.05, 4.69) is 20.3 Å². The van der Waals surface area contributed by atoms with E-state index in [1.807, 2.05) is 0 Å². The first kappa shape index (κ1) is 13.3. The largest absolute Gasteiger partial charge is 0.417 e. The van der Waals surface area contributed by atoms with Crippen LogP contribution in [0.5, 0.6) is 0 Å². The quantitative estimate of drug-likeness (QED) is 0.889. The molecule has 1 aromatic carbocycles. The van der Waals surface area contributed by atoms with Crippen LogP contribution in [0.15, 0.2) is 24.5 Å². The smallest absolute Gasteiger partial charge is 0.368 e. The molecule has 0 aliphatic carbocycles. The van der Waals surface area contributed by atoms with Crippen molar-refractivity contribution in [1.82, 2.24) is 15.0 Å². The molecule has 0 radical (unpaired) electrons. The Bertz CT molecular complexity index is 602. The van der Waals surface area contributed by atoms with Crippen molar-refractivity contribution in [3.05, 3.63) is 35.1 Å². The van der Waals surface area contributed by atoms with Gasteiger partial charge < -0.3 is 11.1 Å². The minimum atomic E-state index is -4.53. The minimum absolute atomic E-state index is 0.0393. The molecule has 0 spiro atoms. The molecule has 1 heterocycles. The average Bonchev–Trinajstić information content (AvgIpc) is 2.30. The Balaban J connectivity index is 2.32. The average molecular weight is 290 g/mol. The van der Waals surface area contributed by atoms with Crippen LogP contribution in [-0.2, 0) is 6.18 Å². The summed E-state index contributed by atoms with van der Waals surface area (Å²) >= 11 is 5.50. The zero-order chi connectivity index (χ0) is 14.0. The lowest BCUT2D eigenvalue weighted by Crippen LogP contribution is -2.07. The SMILES string of the molecule is Nc1ncnc(Nc2ccc(Cl)c(C(F)(F)F)c2)n1. The lowest BCUT2D eigenvalue weighted by Gasteiger charge is -2.11. The molecule has 3 N–H and O–H groups in total. The molecule has 0 fully saturated rings. The lowest BCUT2D eigenvalue weighted by atomic mass is 10.2. The van der Waals surface area contributed by atoms with Crippen LogP contribution in [0, 0.1) is 0 Å². The zero-order valence-electron chi connectivity index (χ0n) is 9.24. The summed E-state index contributed by atoms with van der Waals surface area (Å²) < 4.78 is 38.0. The van der Waals surface area contributed by atoms with Crippen molar-refractivity contribution >= 4 is 29.2 Å². The summed E-state index contributed by atoms with van der Waals surface area (Å²) in [5.41, 5.74) is 4.53. The molecule has 1 aromatic heterocycles. The Morgan fingerprint density at radius 2 is 1.95 bits per heavy atom. The first-order chi connectivity index (χ1) is 8.86. The van der Waals surface area contributed by atoms with Gasteiger partial charge in [-0.25, -0.2) is 9.97 Å². The molecule has 100 valence electrons. The van der Waals surface area contributed by atoms with Gasteiger partial charge in [-0.05, 0) is 18.2 Å². The number of alkyl halides is 3. The predicted octanol–water partition coefficient (Wildman–Crippen LogP) is 2.87. The summed E-state index contributed by atoms with van der Waals surface area (Å²) in [4.78, 5) is 11.0. The van der Waals surface area contributed by atoms with Gasteiger partial charge >= 0.3 is 6.18 Å². The van der Waals surface area contributed by atoms with Crippen LogP contribution in [0.4, 0.5) is 30.8 Å². The summed E-state index contributed by atoms with van der Waals surface area (Å²) in [5.74, 6) is 0.00505. The Hall–Kier alpha value is -2.09. The van der Waals surface area contributed by atoms with Gasteiger partial charge in [0.2, 0.25) is 11.9 Å². The standard InChI is InChI=1S/C10H7ClF3N5/c11-7-2-1-5(3-6(7)10(12,13)14)18-9-17-4-16-8(15)19-9/h1-4H,(H3,15,16,17,18,19). The highest BCUT2D eigenvalue weighted by Gasteiger charge is 2.33. The number of hydrogen-bond donors (Lipinski definition) is 2. The van der Waals surface area contributed by atoms with E-state index in [-0.39, 0.29) is 22.6 Å². The van der Waals surface area contributed by atoms with E-state index >= 15 is 0 Å². The van der Waals surface area contributed by atoms with Gasteiger partial charge in [-0.2, -0.15) is 18.2 Å². The highest BCUT2D eigenvalue weighted by atomic mass is 35.5. The Morgan fingerprint density at radius 3 is 2.58 bits per heavy atom. The van der Waals surface area contributed by atoms with E-state index < -0.39 is 11.7 Å². The van der Waals surface area contributed by atoms with Crippen molar-refractivity contribution in [3.8, 4) is 0 Å². The molecule has 0 saturated heterocycles. The van der Waals surface area contributed by atoms with Crippen LogP contribution in [0.25, 0.3) is 0 Å². The van der Waals surface area contributed by atoms with E-state index in [1.54, 1.807) is 0 Å². The highest BCUT2D eigenvalue weighted by molar-refractivity contribution is 6.31. The Kier molecular flexibility index (Phi) is 3.43. The van der Waals surface area contributed by atoms with Gasteiger partial charge in [0.15, 0.2) is 0 Å². The van der Waals surface area contributed by atoms with Crippen LogP contribution < -0.4 is 11.1 Å². The first-order valence-corrected chi connectivity index (χ1v) is 5.32. The molecule has 0 aliphatic heterocycles. The molecule has 0 unspecified atom stereocenters. The van der Waals surface area contributed by atoms with Crippen molar-refractivity contribution in [2.75, 3.05) is 11.1 Å². The highest BCUT2D eigenvalue weighted by Crippen LogP contribution is 2.36. The second-order valence-electron chi connectivity index (χ2n) is 3.48. The normalized spacial score (nSPS) is 11.4. The van der Waals surface area contributed by atoms with Crippen LogP contribution in [0.3, 0.4) is 0 Å². The molecule has 19 heavy (non-hydrogen) atoms.